The maximum Gasteiger partial charge on any atom is 0.118 e. The summed E-state index contributed by atoms with van der Waals surface area (Å²) in [4.78, 5) is 0. The van der Waals surface area contributed by atoms with E-state index in [4.69, 9.17) is 9.47 Å². The number of likely N-dealkylation sites (N-methyl/N-ethyl adjacent to an activating group) is 1. The van der Waals surface area contributed by atoms with Crippen LogP contribution in [0.4, 0.5) is 0 Å². The van der Waals surface area contributed by atoms with Gasteiger partial charge in [0.25, 0.3) is 0 Å². The van der Waals surface area contributed by atoms with Crippen molar-refractivity contribution in [3.05, 3.63) is 29.8 Å². The molecule has 0 aromatic heterocycles. The van der Waals surface area contributed by atoms with Crippen LogP contribution in [-0.4, -0.2) is 26.9 Å². The zero-order valence-electron chi connectivity index (χ0n) is 11.7. The summed E-state index contributed by atoms with van der Waals surface area (Å²) in [6.07, 6.45) is 2.30. The Hall–Kier alpha value is -1.06. The van der Waals surface area contributed by atoms with E-state index in [1.165, 1.54) is 12.0 Å². The second-order valence-corrected chi connectivity index (χ2v) is 4.31. The Labute approximate surface area is 110 Å². The SMILES string of the molecule is CCCCOCC(NCC)c1ccc(OC)cc1. The van der Waals surface area contributed by atoms with Crippen molar-refractivity contribution in [1.82, 2.24) is 5.32 Å². The second kappa shape index (κ2) is 8.95. The topological polar surface area (TPSA) is 30.5 Å². The van der Waals surface area contributed by atoms with Crippen LogP contribution in [0.2, 0.25) is 0 Å². The fourth-order valence-corrected chi connectivity index (χ4v) is 1.80. The first-order valence-corrected chi connectivity index (χ1v) is 6.76. The average molecular weight is 251 g/mol. The first-order chi connectivity index (χ1) is 8.81. The number of nitrogens with one attached hydrogen (secondary N) is 1. The van der Waals surface area contributed by atoms with Crippen LogP contribution in [0, 0.1) is 0 Å². The molecule has 0 aliphatic carbocycles. The molecule has 0 saturated heterocycles. The third-order valence-corrected chi connectivity index (χ3v) is 2.90. The van der Waals surface area contributed by atoms with Gasteiger partial charge >= 0.3 is 0 Å². The highest BCUT2D eigenvalue weighted by molar-refractivity contribution is 5.29. The largest absolute Gasteiger partial charge is 0.497 e. The molecular formula is C15H25NO2. The number of methoxy groups -OCH3 is 1. The van der Waals surface area contributed by atoms with Crippen molar-refractivity contribution in [3.8, 4) is 5.75 Å². The number of unbranched alkanes of at least 4 members (excludes halogenated alkanes) is 1. The summed E-state index contributed by atoms with van der Waals surface area (Å²) in [7, 11) is 1.69. The van der Waals surface area contributed by atoms with Crippen LogP contribution in [0.3, 0.4) is 0 Å². The molecule has 18 heavy (non-hydrogen) atoms. The van der Waals surface area contributed by atoms with Crippen molar-refractivity contribution in [2.45, 2.75) is 32.7 Å². The fourth-order valence-electron chi connectivity index (χ4n) is 1.80. The summed E-state index contributed by atoms with van der Waals surface area (Å²) in [6, 6.07) is 8.43. The van der Waals surface area contributed by atoms with Gasteiger partial charge in [-0.15, -0.1) is 0 Å². The van der Waals surface area contributed by atoms with Gasteiger partial charge in [0, 0.05) is 6.61 Å². The molecule has 3 heteroatoms. The minimum absolute atomic E-state index is 0.262. The molecule has 1 N–H and O–H groups in total. The standard InChI is InChI=1S/C15H25NO2/c1-4-6-11-18-12-15(16-5-2)13-7-9-14(17-3)10-8-13/h7-10,15-16H,4-6,11-12H2,1-3H3. The molecule has 0 fully saturated rings. The molecule has 0 aliphatic rings. The minimum Gasteiger partial charge on any atom is -0.497 e. The van der Waals surface area contributed by atoms with E-state index in [1.54, 1.807) is 7.11 Å². The molecule has 1 aromatic rings. The predicted octanol–water partition coefficient (Wildman–Crippen LogP) is 3.16. The lowest BCUT2D eigenvalue weighted by Gasteiger charge is -2.18. The van der Waals surface area contributed by atoms with Gasteiger partial charge in [0.1, 0.15) is 5.75 Å². The van der Waals surface area contributed by atoms with Gasteiger partial charge in [-0.05, 0) is 30.7 Å². The molecule has 1 rings (SSSR count). The highest BCUT2D eigenvalue weighted by Crippen LogP contribution is 2.18. The van der Waals surface area contributed by atoms with Crippen molar-refractivity contribution in [2.75, 3.05) is 26.9 Å². The monoisotopic (exact) mass is 251 g/mol. The van der Waals surface area contributed by atoms with E-state index in [2.05, 4.69) is 31.3 Å². The number of rotatable bonds is 9. The third-order valence-electron chi connectivity index (χ3n) is 2.90. The van der Waals surface area contributed by atoms with Gasteiger partial charge in [-0.2, -0.15) is 0 Å². The van der Waals surface area contributed by atoms with E-state index >= 15 is 0 Å². The minimum atomic E-state index is 0.262. The zero-order valence-corrected chi connectivity index (χ0v) is 11.7. The van der Waals surface area contributed by atoms with E-state index < -0.39 is 0 Å². The average Bonchev–Trinajstić information content (AvgIpc) is 2.42. The van der Waals surface area contributed by atoms with E-state index in [0.717, 1.165) is 31.9 Å². The number of benzene rings is 1. The first-order valence-electron chi connectivity index (χ1n) is 6.76. The number of ether oxygens (including phenoxy) is 2. The molecule has 0 aliphatic heterocycles. The molecule has 0 radical (unpaired) electrons. The molecule has 1 aromatic carbocycles. The van der Waals surface area contributed by atoms with Gasteiger partial charge in [0.05, 0.1) is 19.8 Å². The Kier molecular flexibility index (Phi) is 7.46. The molecule has 0 bridgehead atoms. The zero-order chi connectivity index (χ0) is 13.2. The summed E-state index contributed by atoms with van der Waals surface area (Å²) in [6.45, 7) is 6.79. The van der Waals surface area contributed by atoms with Crippen molar-refractivity contribution < 1.29 is 9.47 Å². The molecule has 0 heterocycles. The highest BCUT2D eigenvalue weighted by atomic mass is 16.5. The molecule has 0 amide bonds. The summed E-state index contributed by atoms with van der Waals surface area (Å²) < 4.78 is 10.9. The molecule has 1 atom stereocenters. The van der Waals surface area contributed by atoms with Crippen LogP contribution >= 0.6 is 0 Å². The van der Waals surface area contributed by atoms with Crippen LogP contribution in [0.25, 0.3) is 0 Å². The Balaban J connectivity index is 2.53. The molecule has 0 spiro atoms. The Morgan fingerprint density at radius 1 is 1.17 bits per heavy atom. The van der Waals surface area contributed by atoms with Gasteiger partial charge in [0.15, 0.2) is 0 Å². The van der Waals surface area contributed by atoms with Gasteiger partial charge < -0.3 is 14.8 Å². The smallest absolute Gasteiger partial charge is 0.118 e. The van der Waals surface area contributed by atoms with Crippen molar-refractivity contribution in [1.29, 1.82) is 0 Å². The molecule has 3 nitrogen and oxygen atoms in total. The van der Waals surface area contributed by atoms with Gasteiger partial charge in [-0.25, -0.2) is 0 Å². The van der Waals surface area contributed by atoms with E-state index in [0.29, 0.717) is 0 Å². The summed E-state index contributed by atoms with van der Waals surface area (Å²) in [5.41, 5.74) is 1.24. The van der Waals surface area contributed by atoms with Gasteiger partial charge in [0.2, 0.25) is 0 Å². The quantitative estimate of drug-likeness (QED) is 0.684. The number of hydrogen-bond acceptors (Lipinski definition) is 3. The van der Waals surface area contributed by atoms with Crippen LogP contribution < -0.4 is 10.1 Å². The maximum atomic E-state index is 5.71. The second-order valence-electron chi connectivity index (χ2n) is 4.31. The Morgan fingerprint density at radius 3 is 2.44 bits per heavy atom. The lowest BCUT2D eigenvalue weighted by Crippen LogP contribution is -2.25. The van der Waals surface area contributed by atoms with Crippen molar-refractivity contribution in [3.63, 3.8) is 0 Å². The van der Waals surface area contributed by atoms with Crippen molar-refractivity contribution in [2.24, 2.45) is 0 Å². The van der Waals surface area contributed by atoms with Crippen LogP contribution in [0.15, 0.2) is 24.3 Å². The Bertz CT molecular complexity index is 311. The van der Waals surface area contributed by atoms with Crippen LogP contribution in [0.1, 0.15) is 38.3 Å². The highest BCUT2D eigenvalue weighted by Gasteiger charge is 2.10. The van der Waals surface area contributed by atoms with E-state index in [1.807, 2.05) is 12.1 Å². The Morgan fingerprint density at radius 2 is 1.89 bits per heavy atom. The van der Waals surface area contributed by atoms with E-state index in [9.17, 15) is 0 Å². The summed E-state index contributed by atoms with van der Waals surface area (Å²) in [5.74, 6) is 0.890. The lowest BCUT2D eigenvalue weighted by molar-refractivity contribution is 0.109. The summed E-state index contributed by atoms with van der Waals surface area (Å²) >= 11 is 0. The van der Waals surface area contributed by atoms with Crippen molar-refractivity contribution >= 4 is 0 Å². The molecular weight excluding hydrogens is 226 g/mol. The van der Waals surface area contributed by atoms with E-state index in [-0.39, 0.29) is 6.04 Å². The third kappa shape index (κ3) is 5.07. The molecule has 0 saturated carbocycles. The fraction of sp³-hybridized carbons (Fsp3) is 0.600. The van der Waals surface area contributed by atoms with Gasteiger partial charge in [-0.3, -0.25) is 0 Å². The predicted molar refractivity (Wildman–Crippen MR) is 75.1 cm³/mol. The maximum absolute atomic E-state index is 5.71. The van der Waals surface area contributed by atoms with Gasteiger partial charge in [-0.1, -0.05) is 32.4 Å². The molecule has 102 valence electrons. The molecule has 1 unspecified atom stereocenters. The van der Waals surface area contributed by atoms with Crippen LogP contribution in [-0.2, 0) is 4.74 Å². The first kappa shape index (κ1) is 15.0. The summed E-state index contributed by atoms with van der Waals surface area (Å²) in [5, 5.41) is 3.45. The normalized spacial score (nSPS) is 12.4. The van der Waals surface area contributed by atoms with Crippen LogP contribution in [0.5, 0.6) is 5.75 Å². The number of hydrogen-bond donors (Lipinski definition) is 1. The lowest BCUT2D eigenvalue weighted by atomic mass is 10.1.